The summed E-state index contributed by atoms with van der Waals surface area (Å²) in [6.45, 7) is 1.54. The van der Waals surface area contributed by atoms with E-state index in [1.54, 1.807) is 12.1 Å². The number of hydrogen-bond donors (Lipinski definition) is 2. The average Bonchev–Trinajstić information content (AvgIpc) is 3.47. The SMILES string of the molecule is Nc1ncc(C(F)(F)F)c(-c2c[nH]c3cc(-c4cccc(C(=O)N5CCCC5)c4)ccc23)n1. The van der Waals surface area contributed by atoms with Crippen LogP contribution in [0.4, 0.5) is 19.1 Å². The summed E-state index contributed by atoms with van der Waals surface area (Å²) in [5.74, 6) is -0.220. The van der Waals surface area contributed by atoms with E-state index in [9.17, 15) is 18.0 Å². The molecule has 1 aliphatic rings. The summed E-state index contributed by atoms with van der Waals surface area (Å²) in [7, 11) is 0. The number of amides is 1. The molecule has 0 unspecified atom stereocenters. The molecular weight excluding hydrogens is 431 g/mol. The third-order valence-electron chi connectivity index (χ3n) is 5.89. The monoisotopic (exact) mass is 451 g/mol. The summed E-state index contributed by atoms with van der Waals surface area (Å²) in [4.78, 5) is 25.0. The van der Waals surface area contributed by atoms with Gasteiger partial charge in [-0.2, -0.15) is 13.2 Å². The van der Waals surface area contributed by atoms with Crippen molar-refractivity contribution >= 4 is 22.8 Å². The zero-order chi connectivity index (χ0) is 23.2. The summed E-state index contributed by atoms with van der Waals surface area (Å²) in [5.41, 5.74) is 7.59. The number of benzene rings is 2. The third kappa shape index (κ3) is 3.90. The Morgan fingerprint density at radius 3 is 2.58 bits per heavy atom. The number of nitrogen functional groups attached to an aromatic ring is 1. The van der Waals surface area contributed by atoms with Crippen molar-refractivity contribution in [2.45, 2.75) is 19.0 Å². The number of halogens is 3. The molecule has 33 heavy (non-hydrogen) atoms. The average molecular weight is 451 g/mol. The van der Waals surface area contributed by atoms with Crippen molar-refractivity contribution in [3.8, 4) is 22.4 Å². The maximum atomic E-state index is 13.5. The standard InChI is InChI=1S/C24H20F3N5O/c25-24(26,27)19-13-30-23(28)31-21(19)18-12-29-20-11-15(6-7-17(18)20)14-4-3-5-16(10-14)22(33)32-8-1-2-9-32/h3-7,10-13,29H,1-2,8-9H2,(H2,28,30,31). The quantitative estimate of drug-likeness (QED) is 0.452. The fourth-order valence-electron chi connectivity index (χ4n) is 4.24. The van der Waals surface area contributed by atoms with Crippen molar-refractivity contribution in [2.24, 2.45) is 0 Å². The van der Waals surface area contributed by atoms with Gasteiger partial charge >= 0.3 is 6.18 Å². The van der Waals surface area contributed by atoms with Crippen LogP contribution in [-0.2, 0) is 6.18 Å². The molecule has 3 N–H and O–H groups in total. The Hall–Kier alpha value is -3.88. The molecule has 2 aromatic carbocycles. The van der Waals surface area contributed by atoms with Gasteiger partial charge in [-0.15, -0.1) is 0 Å². The first-order valence-corrected chi connectivity index (χ1v) is 10.5. The van der Waals surface area contributed by atoms with E-state index in [4.69, 9.17) is 5.73 Å². The zero-order valence-electron chi connectivity index (χ0n) is 17.5. The number of nitrogens with one attached hydrogen (secondary N) is 1. The highest BCUT2D eigenvalue weighted by atomic mass is 19.4. The number of anilines is 1. The number of likely N-dealkylation sites (tertiary alicyclic amines) is 1. The fraction of sp³-hybridized carbons (Fsp3) is 0.208. The van der Waals surface area contributed by atoms with Crippen molar-refractivity contribution in [3.63, 3.8) is 0 Å². The van der Waals surface area contributed by atoms with Gasteiger partial charge in [-0.25, -0.2) is 9.97 Å². The molecule has 0 saturated carbocycles. The first kappa shape index (κ1) is 21.0. The van der Waals surface area contributed by atoms with Crippen LogP contribution < -0.4 is 5.73 Å². The number of aromatic nitrogens is 3. The maximum Gasteiger partial charge on any atom is 0.419 e. The second kappa shape index (κ2) is 7.91. The molecule has 0 atom stereocenters. The van der Waals surface area contributed by atoms with Gasteiger partial charge in [0.15, 0.2) is 0 Å². The Morgan fingerprint density at radius 2 is 1.82 bits per heavy atom. The van der Waals surface area contributed by atoms with Crippen LogP contribution in [0, 0.1) is 0 Å². The number of aromatic amines is 1. The van der Waals surface area contributed by atoms with E-state index in [1.807, 2.05) is 35.2 Å². The number of nitrogens with two attached hydrogens (primary N) is 1. The maximum absolute atomic E-state index is 13.5. The molecule has 2 aromatic heterocycles. The molecule has 0 bridgehead atoms. The Kier molecular flexibility index (Phi) is 5.03. The number of fused-ring (bicyclic) bond motifs is 1. The van der Waals surface area contributed by atoms with E-state index in [1.165, 1.54) is 6.20 Å². The van der Waals surface area contributed by atoms with Gasteiger partial charge in [0.1, 0.15) is 5.56 Å². The molecule has 1 amide bonds. The van der Waals surface area contributed by atoms with Crippen LogP contribution in [0.1, 0.15) is 28.8 Å². The fourth-order valence-corrected chi connectivity index (χ4v) is 4.24. The van der Waals surface area contributed by atoms with Gasteiger partial charge in [-0.3, -0.25) is 4.79 Å². The van der Waals surface area contributed by atoms with Gasteiger partial charge in [-0.05, 0) is 42.2 Å². The van der Waals surface area contributed by atoms with Crippen LogP contribution in [0.2, 0.25) is 0 Å². The molecule has 4 aromatic rings. The Labute approximate surface area is 187 Å². The lowest BCUT2D eigenvalue weighted by molar-refractivity contribution is -0.137. The number of H-pyrrole nitrogens is 1. The van der Waals surface area contributed by atoms with Crippen LogP contribution in [0.25, 0.3) is 33.3 Å². The van der Waals surface area contributed by atoms with E-state index < -0.39 is 11.7 Å². The van der Waals surface area contributed by atoms with Crippen molar-refractivity contribution in [2.75, 3.05) is 18.8 Å². The molecule has 9 heteroatoms. The minimum atomic E-state index is -4.62. The summed E-state index contributed by atoms with van der Waals surface area (Å²) < 4.78 is 40.5. The topological polar surface area (TPSA) is 87.9 Å². The normalized spacial score (nSPS) is 14.2. The van der Waals surface area contributed by atoms with Gasteiger partial charge in [0.2, 0.25) is 5.95 Å². The lowest BCUT2D eigenvalue weighted by Gasteiger charge is -2.15. The molecule has 0 aliphatic carbocycles. The van der Waals surface area contributed by atoms with E-state index >= 15 is 0 Å². The number of hydrogen-bond acceptors (Lipinski definition) is 4. The van der Waals surface area contributed by atoms with Gasteiger partial charge in [-0.1, -0.05) is 24.3 Å². The predicted molar refractivity (Wildman–Crippen MR) is 119 cm³/mol. The second-order valence-corrected chi connectivity index (χ2v) is 8.03. The summed E-state index contributed by atoms with van der Waals surface area (Å²) >= 11 is 0. The summed E-state index contributed by atoms with van der Waals surface area (Å²) in [6.07, 6.45) is -0.391. The van der Waals surface area contributed by atoms with E-state index in [0.717, 1.165) is 37.1 Å². The lowest BCUT2D eigenvalue weighted by Crippen LogP contribution is -2.27. The van der Waals surface area contributed by atoms with Crippen molar-refractivity contribution < 1.29 is 18.0 Å². The molecule has 0 radical (unpaired) electrons. The smallest absolute Gasteiger partial charge is 0.368 e. The molecule has 0 spiro atoms. The number of carbonyl (C=O) groups is 1. The van der Waals surface area contributed by atoms with Crippen LogP contribution in [0.5, 0.6) is 0 Å². The summed E-state index contributed by atoms with van der Waals surface area (Å²) in [6, 6.07) is 12.8. The number of rotatable bonds is 3. The van der Waals surface area contributed by atoms with Crippen molar-refractivity contribution in [1.82, 2.24) is 19.9 Å². The molecule has 1 aliphatic heterocycles. The van der Waals surface area contributed by atoms with Gasteiger partial charge in [0.25, 0.3) is 5.91 Å². The Morgan fingerprint density at radius 1 is 1.06 bits per heavy atom. The molecule has 6 nitrogen and oxygen atoms in total. The number of carbonyl (C=O) groups excluding carboxylic acids is 1. The number of nitrogens with zero attached hydrogens (tertiary/aromatic N) is 3. The van der Waals surface area contributed by atoms with Gasteiger partial charge in [0, 0.05) is 47.5 Å². The van der Waals surface area contributed by atoms with E-state index in [2.05, 4.69) is 15.0 Å². The lowest BCUT2D eigenvalue weighted by atomic mass is 9.99. The van der Waals surface area contributed by atoms with Crippen LogP contribution in [0.15, 0.2) is 54.9 Å². The number of alkyl halides is 3. The first-order valence-electron chi connectivity index (χ1n) is 10.5. The first-order chi connectivity index (χ1) is 15.8. The van der Waals surface area contributed by atoms with Crippen LogP contribution in [-0.4, -0.2) is 38.8 Å². The molecule has 5 rings (SSSR count). The van der Waals surface area contributed by atoms with Gasteiger partial charge < -0.3 is 15.6 Å². The van der Waals surface area contributed by atoms with Gasteiger partial charge in [0.05, 0.1) is 5.69 Å². The zero-order valence-corrected chi connectivity index (χ0v) is 17.5. The molecule has 3 heterocycles. The predicted octanol–water partition coefficient (Wildman–Crippen LogP) is 5.13. The van der Waals surface area contributed by atoms with Crippen molar-refractivity contribution in [1.29, 1.82) is 0 Å². The third-order valence-corrected chi connectivity index (χ3v) is 5.89. The Balaban J connectivity index is 1.53. The minimum absolute atomic E-state index is 0.0126. The highest BCUT2D eigenvalue weighted by Crippen LogP contribution is 2.39. The van der Waals surface area contributed by atoms with Crippen LogP contribution >= 0.6 is 0 Å². The van der Waals surface area contributed by atoms with E-state index in [0.29, 0.717) is 22.7 Å². The minimum Gasteiger partial charge on any atom is -0.368 e. The van der Waals surface area contributed by atoms with E-state index in [-0.39, 0.29) is 23.1 Å². The highest BCUT2D eigenvalue weighted by molar-refractivity contribution is 5.99. The molecule has 1 fully saturated rings. The summed E-state index contributed by atoms with van der Waals surface area (Å²) in [5, 5.41) is 0.576. The second-order valence-electron chi connectivity index (χ2n) is 8.03. The van der Waals surface area contributed by atoms with Crippen LogP contribution in [0.3, 0.4) is 0 Å². The molecule has 1 saturated heterocycles. The highest BCUT2D eigenvalue weighted by Gasteiger charge is 2.36. The molecule has 168 valence electrons. The largest absolute Gasteiger partial charge is 0.419 e. The molecular formula is C24H20F3N5O. The Bertz CT molecular complexity index is 1360. The van der Waals surface area contributed by atoms with Crippen molar-refractivity contribution in [3.05, 3.63) is 66.0 Å².